The number of nitrogens with zero attached hydrogens (tertiary/aromatic N) is 2. The summed E-state index contributed by atoms with van der Waals surface area (Å²) in [6, 6.07) is 3.03. The van der Waals surface area contributed by atoms with E-state index in [0.717, 1.165) is 0 Å². The molecule has 0 bridgehead atoms. The van der Waals surface area contributed by atoms with Crippen molar-refractivity contribution < 1.29 is 17.2 Å². The molecule has 1 aromatic heterocycles. The molecule has 1 aliphatic rings. The van der Waals surface area contributed by atoms with E-state index in [1.807, 2.05) is 0 Å². The van der Waals surface area contributed by atoms with Crippen molar-refractivity contribution in [2.75, 3.05) is 23.7 Å². The summed E-state index contributed by atoms with van der Waals surface area (Å²) in [5, 5.41) is 0. The fourth-order valence-corrected chi connectivity index (χ4v) is 3.26. The molecule has 1 unspecified atom stereocenters. The molecule has 2 heterocycles. The number of sulfone groups is 1. The molecule has 1 aromatic rings. The molecule has 0 N–H and O–H groups in total. The maximum absolute atomic E-state index is 12.7. The Morgan fingerprint density at radius 2 is 2.26 bits per heavy atom. The summed E-state index contributed by atoms with van der Waals surface area (Å²) >= 11 is 0. The number of aromatic nitrogens is 1. The molecule has 106 valence electrons. The quantitative estimate of drug-likeness (QED) is 0.850. The molecule has 1 fully saturated rings. The molecule has 0 amide bonds. The van der Waals surface area contributed by atoms with E-state index in [4.69, 9.17) is 0 Å². The predicted octanol–water partition coefficient (Wildman–Crippen LogP) is 1.97. The highest BCUT2D eigenvalue weighted by atomic mass is 32.2. The summed E-state index contributed by atoms with van der Waals surface area (Å²) in [4.78, 5) is 5.84. The monoisotopic (exact) mass is 290 g/mol. The molecule has 0 aliphatic carbocycles. The van der Waals surface area contributed by atoms with Crippen molar-refractivity contribution in [1.29, 1.82) is 0 Å². The average molecular weight is 290 g/mol. The standard InChI is InChI=1S/C12H16F2N2O2S/c1-2-19(17,18)10-4-3-6-15-12(10)16-7-5-9(8-16)11(13)14/h3-4,6,9,11H,2,5,7-8H2,1H3. The number of hydrogen-bond acceptors (Lipinski definition) is 4. The van der Waals surface area contributed by atoms with Crippen molar-refractivity contribution in [3.8, 4) is 0 Å². The smallest absolute Gasteiger partial charge is 0.243 e. The van der Waals surface area contributed by atoms with E-state index in [0.29, 0.717) is 18.8 Å². The van der Waals surface area contributed by atoms with Crippen LogP contribution in [-0.4, -0.2) is 38.7 Å². The van der Waals surface area contributed by atoms with E-state index in [1.54, 1.807) is 17.9 Å². The Labute approximate surface area is 111 Å². The first-order chi connectivity index (χ1) is 8.95. The van der Waals surface area contributed by atoms with Gasteiger partial charge in [-0.05, 0) is 18.6 Å². The molecule has 0 radical (unpaired) electrons. The third-order valence-electron chi connectivity index (χ3n) is 3.35. The number of rotatable bonds is 4. The van der Waals surface area contributed by atoms with Crippen LogP contribution in [-0.2, 0) is 9.84 Å². The van der Waals surface area contributed by atoms with Crippen LogP contribution in [0.1, 0.15) is 13.3 Å². The van der Waals surface area contributed by atoms with Gasteiger partial charge in [-0.3, -0.25) is 0 Å². The molecular weight excluding hydrogens is 274 g/mol. The second-order valence-corrected chi connectivity index (χ2v) is 6.80. The Morgan fingerprint density at radius 1 is 1.53 bits per heavy atom. The summed E-state index contributed by atoms with van der Waals surface area (Å²) in [5.41, 5.74) is 0. The Morgan fingerprint density at radius 3 is 2.84 bits per heavy atom. The van der Waals surface area contributed by atoms with Gasteiger partial charge in [0.2, 0.25) is 6.43 Å². The first kappa shape index (κ1) is 14.2. The van der Waals surface area contributed by atoms with Gasteiger partial charge in [0.1, 0.15) is 10.7 Å². The lowest BCUT2D eigenvalue weighted by Crippen LogP contribution is -2.25. The van der Waals surface area contributed by atoms with Crippen molar-refractivity contribution >= 4 is 15.7 Å². The minimum Gasteiger partial charge on any atom is -0.355 e. The van der Waals surface area contributed by atoms with Crippen molar-refractivity contribution in [2.24, 2.45) is 5.92 Å². The summed E-state index contributed by atoms with van der Waals surface area (Å²) in [6.07, 6.45) is -0.528. The number of alkyl halides is 2. The Balaban J connectivity index is 2.32. The summed E-state index contributed by atoms with van der Waals surface area (Å²) in [7, 11) is -3.40. The van der Waals surface area contributed by atoms with E-state index < -0.39 is 22.2 Å². The van der Waals surface area contributed by atoms with Crippen molar-refractivity contribution in [1.82, 2.24) is 4.98 Å². The minimum atomic E-state index is -3.40. The summed E-state index contributed by atoms with van der Waals surface area (Å²) < 4.78 is 49.3. The molecule has 1 atom stereocenters. The molecule has 0 aromatic carbocycles. The highest BCUT2D eigenvalue weighted by Gasteiger charge is 2.32. The van der Waals surface area contributed by atoms with E-state index >= 15 is 0 Å². The second-order valence-electron chi connectivity index (χ2n) is 4.56. The van der Waals surface area contributed by atoms with E-state index in [-0.39, 0.29) is 17.2 Å². The number of pyridine rings is 1. The second kappa shape index (κ2) is 5.40. The van der Waals surface area contributed by atoms with E-state index in [1.165, 1.54) is 12.3 Å². The maximum atomic E-state index is 12.7. The van der Waals surface area contributed by atoms with Crippen molar-refractivity contribution in [3.05, 3.63) is 18.3 Å². The lowest BCUT2D eigenvalue weighted by atomic mass is 10.1. The van der Waals surface area contributed by atoms with E-state index in [2.05, 4.69) is 4.98 Å². The third-order valence-corrected chi connectivity index (χ3v) is 5.10. The molecule has 0 spiro atoms. The number of hydrogen-bond donors (Lipinski definition) is 0. The minimum absolute atomic E-state index is 0.0300. The average Bonchev–Trinajstić information content (AvgIpc) is 2.88. The molecule has 2 rings (SSSR count). The first-order valence-electron chi connectivity index (χ1n) is 6.16. The normalized spacial score (nSPS) is 20.2. The van der Waals surface area contributed by atoms with Gasteiger partial charge in [-0.15, -0.1) is 0 Å². The predicted molar refractivity (Wildman–Crippen MR) is 68.3 cm³/mol. The summed E-state index contributed by atoms with van der Waals surface area (Å²) in [5.74, 6) is -0.440. The van der Waals surface area contributed by atoms with Gasteiger partial charge < -0.3 is 4.90 Å². The lowest BCUT2D eigenvalue weighted by Gasteiger charge is -2.20. The van der Waals surface area contributed by atoms with Crippen LogP contribution in [0.4, 0.5) is 14.6 Å². The summed E-state index contributed by atoms with van der Waals surface area (Å²) in [6.45, 7) is 2.12. The number of halogens is 2. The first-order valence-corrected chi connectivity index (χ1v) is 7.81. The van der Waals surface area contributed by atoms with Crippen LogP contribution in [0, 0.1) is 5.92 Å². The lowest BCUT2D eigenvalue weighted by molar-refractivity contribution is 0.0880. The van der Waals surface area contributed by atoms with Gasteiger partial charge in [-0.2, -0.15) is 0 Å². The van der Waals surface area contributed by atoms with Gasteiger partial charge in [-0.1, -0.05) is 6.92 Å². The molecule has 1 aliphatic heterocycles. The fourth-order valence-electron chi connectivity index (χ4n) is 2.20. The van der Waals surface area contributed by atoms with Gasteiger partial charge >= 0.3 is 0 Å². The molecular formula is C12H16F2N2O2S. The van der Waals surface area contributed by atoms with Crippen LogP contribution in [0.2, 0.25) is 0 Å². The zero-order valence-electron chi connectivity index (χ0n) is 10.6. The van der Waals surface area contributed by atoms with Crippen LogP contribution in [0.25, 0.3) is 0 Å². The third kappa shape index (κ3) is 2.86. The maximum Gasteiger partial charge on any atom is 0.243 e. The largest absolute Gasteiger partial charge is 0.355 e. The van der Waals surface area contributed by atoms with Gasteiger partial charge in [0.15, 0.2) is 9.84 Å². The van der Waals surface area contributed by atoms with E-state index in [9.17, 15) is 17.2 Å². The van der Waals surface area contributed by atoms with Crippen LogP contribution in [0.3, 0.4) is 0 Å². The van der Waals surface area contributed by atoms with Crippen molar-refractivity contribution in [2.45, 2.75) is 24.7 Å². The molecule has 19 heavy (non-hydrogen) atoms. The Kier molecular flexibility index (Phi) is 4.03. The SMILES string of the molecule is CCS(=O)(=O)c1cccnc1N1CCC(C(F)F)C1. The highest BCUT2D eigenvalue weighted by molar-refractivity contribution is 7.91. The zero-order valence-corrected chi connectivity index (χ0v) is 11.4. The Bertz CT molecular complexity index is 548. The fraction of sp³-hybridized carbons (Fsp3) is 0.583. The van der Waals surface area contributed by atoms with Crippen LogP contribution >= 0.6 is 0 Å². The molecule has 7 heteroatoms. The van der Waals surface area contributed by atoms with Gasteiger partial charge in [-0.25, -0.2) is 22.2 Å². The molecule has 1 saturated heterocycles. The topological polar surface area (TPSA) is 50.3 Å². The van der Waals surface area contributed by atoms with Gasteiger partial charge in [0.25, 0.3) is 0 Å². The number of anilines is 1. The van der Waals surface area contributed by atoms with Gasteiger partial charge in [0, 0.05) is 25.2 Å². The van der Waals surface area contributed by atoms with Crippen LogP contribution in [0.15, 0.2) is 23.2 Å². The molecule has 0 saturated carbocycles. The highest BCUT2D eigenvalue weighted by Crippen LogP contribution is 2.30. The van der Waals surface area contributed by atoms with Crippen LogP contribution in [0.5, 0.6) is 0 Å². The zero-order chi connectivity index (χ0) is 14.0. The molecule has 4 nitrogen and oxygen atoms in total. The van der Waals surface area contributed by atoms with Crippen LogP contribution < -0.4 is 4.90 Å². The Hall–Kier alpha value is -1.24. The van der Waals surface area contributed by atoms with Crippen molar-refractivity contribution in [3.63, 3.8) is 0 Å². The van der Waals surface area contributed by atoms with Gasteiger partial charge in [0.05, 0.1) is 5.75 Å².